The molecule has 2 bridgehead atoms. The number of rotatable bonds is 14. The molecule has 0 saturated carbocycles. The molecular weight excluding hydrogens is 598 g/mol. The van der Waals surface area contributed by atoms with Crippen LogP contribution in [0.2, 0.25) is 0 Å². The van der Waals surface area contributed by atoms with Crippen molar-refractivity contribution in [3.8, 4) is 0 Å². The van der Waals surface area contributed by atoms with E-state index >= 15 is 0 Å². The molecular formula is C37H45N3O7. The minimum atomic E-state index is -1.26. The van der Waals surface area contributed by atoms with Crippen LogP contribution in [0.3, 0.4) is 0 Å². The Labute approximate surface area is 276 Å². The van der Waals surface area contributed by atoms with E-state index < -0.39 is 53.6 Å². The number of carbonyl (C=O) groups is 4. The fraction of sp³-hybridized carbons (Fsp3) is 0.459. The van der Waals surface area contributed by atoms with Gasteiger partial charge in [-0.3, -0.25) is 19.2 Å². The minimum absolute atomic E-state index is 0.0849. The number of nitrogens with zero attached hydrogens (tertiary/aromatic N) is 2. The zero-order valence-corrected chi connectivity index (χ0v) is 27.4. The lowest BCUT2D eigenvalue weighted by molar-refractivity contribution is -0.162. The van der Waals surface area contributed by atoms with Crippen LogP contribution in [0.1, 0.15) is 55.4 Å². The lowest BCUT2D eigenvalue weighted by Crippen LogP contribution is -2.57. The monoisotopic (exact) mass is 643 g/mol. The minimum Gasteiger partial charge on any atom is -0.455 e. The molecule has 7 atom stereocenters. The third-order valence-corrected chi connectivity index (χ3v) is 9.72. The molecule has 47 heavy (non-hydrogen) atoms. The predicted molar refractivity (Wildman–Crippen MR) is 177 cm³/mol. The Balaban J connectivity index is 1.47. The molecule has 3 aliphatic rings. The summed E-state index contributed by atoms with van der Waals surface area (Å²) in [6.45, 7) is 12.9. The summed E-state index contributed by atoms with van der Waals surface area (Å²) in [5, 5.41) is 13.0. The number of carbonyl (C=O) groups excluding carboxylic acids is 4. The molecule has 10 heteroatoms. The molecule has 2 aromatic carbocycles. The Morgan fingerprint density at radius 2 is 1.83 bits per heavy atom. The van der Waals surface area contributed by atoms with Gasteiger partial charge in [-0.05, 0) is 56.7 Å². The van der Waals surface area contributed by atoms with Gasteiger partial charge in [0.25, 0.3) is 5.91 Å². The number of ether oxygens (including phenoxy) is 2. The highest BCUT2D eigenvalue weighted by Crippen LogP contribution is 2.59. The second-order valence-corrected chi connectivity index (χ2v) is 12.7. The van der Waals surface area contributed by atoms with Crippen LogP contribution >= 0.6 is 0 Å². The Morgan fingerprint density at radius 1 is 1.13 bits per heavy atom. The lowest BCUT2D eigenvalue weighted by atomic mass is 9.70. The van der Waals surface area contributed by atoms with Crippen molar-refractivity contribution in [3.63, 3.8) is 0 Å². The number of fused-ring (bicyclic) bond motifs is 1. The highest BCUT2D eigenvalue weighted by atomic mass is 16.6. The van der Waals surface area contributed by atoms with Crippen molar-refractivity contribution in [2.45, 2.75) is 76.3 Å². The van der Waals surface area contributed by atoms with E-state index in [4.69, 9.17) is 9.47 Å². The summed E-state index contributed by atoms with van der Waals surface area (Å²) >= 11 is 0. The number of esters is 1. The lowest BCUT2D eigenvalue weighted by Gasteiger charge is -2.37. The van der Waals surface area contributed by atoms with Gasteiger partial charge in [0.2, 0.25) is 11.8 Å². The molecule has 0 unspecified atom stereocenters. The topological polar surface area (TPSA) is 125 Å². The maximum absolute atomic E-state index is 14.7. The van der Waals surface area contributed by atoms with Gasteiger partial charge in [-0.25, -0.2) is 0 Å². The highest BCUT2D eigenvalue weighted by molar-refractivity contribution is 6.05. The van der Waals surface area contributed by atoms with Crippen molar-refractivity contribution in [1.29, 1.82) is 0 Å². The number of amides is 3. The van der Waals surface area contributed by atoms with Gasteiger partial charge in [0.1, 0.15) is 17.7 Å². The summed E-state index contributed by atoms with van der Waals surface area (Å²) in [5.74, 6) is -3.50. The van der Waals surface area contributed by atoms with Gasteiger partial charge < -0.3 is 29.7 Å². The van der Waals surface area contributed by atoms with Crippen molar-refractivity contribution < 1.29 is 33.8 Å². The van der Waals surface area contributed by atoms with Crippen LogP contribution in [0.4, 0.5) is 5.69 Å². The van der Waals surface area contributed by atoms with Gasteiger partial charge in [-0.15, -0.1) is 13.2 Å². The molecule has 10 nitrogen and oxygen atoms in total. The van der Waals surface area contributed by atoms with Crippen molar-refractivity contribution in [2.75, 3.05) is 24.6 Å². The number of aryl methyl sites for hydroxylation is 2. The number of benzene rings is 2. The van der Waals surface area contributed by atoms with Gasteiger partial charge >= 0.3 is 5.97 Å². The Kier molecular flexibility index (Phi) is 10.3. The van der Waals surface area contributed by atoms with Crippen LogP contribution < -0.4 is 10.2 Å². The van der Waals surface area contributed by atoms with E-state index in [1.165, 1.54) is 4.90 Å². The van der Waals surface area contributed by atoms with Crippen LogP contribution in [0.15, 0.2) is 73.8 Å². The van der Waals surface area contributed by atoms with Crippen LogP contribution in [-0.4, -0.2) is 77.2 Å². The number of para-hydroxylation sites is 1. The summed E-state index contributed by atoms with van der Waals surface area (Å²) in [6, 6.07) is 13.3. The summed E-state index contributed by atoms with van der Waals surface area (Å²) in [4.78, 5) is 58.7. The third kappa shape index (κ3) is 6.24. The molecule has 3 aliphatic heterocycles. The van der Waals surface area contributed by atoms with E-state index in [1.807, 2.05) is 62.4 Å². The number of hydrogen-bond acceptors (Lipinski definition) is 7. The smallest absolute Gasteiger partial charge is 0.313 e. The standard InChI is InChI=1S/C37H45N3O7/c1-6-8-17-28(42)38-25(5)32(26-15-10-9-11-16-26)46-36(45)29-27-18-19-37(47-27)30(29)34(43)40(21-22-41)33(37)35(44)39(20-7-2)31-23(3)13-12-14-24(31)4/h6-7,9-16,25,27,29-30,32-33,41H,1-2,8,17-22H2,3-5H3,(H,38,42)/t25-,27-,29+,30+,32-,33-,37+/m1/s1. The number of allylic oxidation sites excluding steroid dienone is 1. The first-order valence-corrected chi connectivity index (χ1v) is 16.3. The van der Waals surface area contributed by atoms with Gasteiger partial charge in [0, 0.05) is 25.2 Å². The SMILES string of the molecule is C=CCCC(=O)N[C@H](C)[C@@H](OC(=O)[C@@H]1[C@H]2C(=O)N(CCO)[C@H](C(=O)N(CC=C)c3c(C)cccc3C)[C@]23CC[C@H]1O3)c1ccccc1. The van der Waals surface area contributed by atoms with Gasteiger partial charge in [-0.2, -0.15) is 0 Å². The molecule has 0 aromatic heterocycles. The average Bonchev–Trinajstić information content (AvgIpc) is 3.69. The van der Waals surface area contributed by atoms with Crippen LogP contribution in [0.25, 0.3) is 0 Å². The zero-order valence-electron chi connectivity index (χ0n) is 27.4. The van der Waals surface area contributed by atoms with E-state index in [0.717, 1.165) is 16.8 Å². The quantitative estimate of drug-likeness (QED) is 0.236. The van der Waals surface area contributed by atoms with Crippen molar-refractivity contribution >= 4 is 29.4 Å². The van der Waals surface area contributed by atoms with E-state index in [2.05, 4.69) is 18.5 Å². The highest BCUT2D eigenvalue weighted by Gasteiger charge is 2.75. The second kappa shape index (κ2) is 14.2. The number of aliphatic hydroxyl groups excluding tert-OH is 1. The Morgan fingerprint density at radius 3 is 2.47 bits per heavy atom. The summed E-state index contributed by atoms with van der Waals surface area (Å²) in [7, 11) is 0. The largest absolute Gasteiger partial charge is 0.455 e. The fourth-order valence-corrected chi connectivity index (χ4v) is 7.79. The van der Waals surface area contributed by atoms with E-state index in [0.29, 0.717) is 24.8 Å². The number of likely N-dealkylation sites (tertiary alicyclic amines) is 1. The molecule has 3 fully saturated rings. The number of aliphatic hydroxyl groups is 1. The number of β-amino-alcohol motifs (C(OH)–C–C–N with tert-alkyl or cyclic N) is 1. The number of anilines is 1. The molecule has 0 aliphatic carbocycles. The molecule has 3 saturated heterocycles. The molecule has 2 N–H and O–H groups in total. The van der Waals surface area contributed by atoms with Crippen LogP contribution in [0.5, 0.6) is 0 Å². The number of hydrogen-bond donors (Lipinski definition) is 2. The van der Waals surface area contributed by atoms with E-state index in [9.17, 15) is 24.3 Å². The van der Waals surface area contributed by atoms with Crippen molar-refractivity contribution in [2.24, 2.45) is 11.8 Å². The molecule has 5 rings (SSSR count). The van der Waals surface area contributed by atoms with Gasteiger partial charge in [-0.1, -0.05) is 60.7 Å². The maximum Gasteiger partial charge on any atom is 0.313 e. The molecule has 0 radical (unpaired) electrons. The summed E-state index contributed by atoms with van der Waals surface area (Å²) in [6.07, 6.45) is 3.49. The normalized spacial score (nSPS) is 25.5. The van der Waals surface area contributed by atoms with Crippen LogP contribution in [-0.2, 0) is 28.7 Å². The maximum atomic E-state index is 14.7. The molecule has 3 amide bonds. The molecule has 2 aromatic rings. The Hall–Kier alpha value is -4.28. The van der Waals surface area contributed by atoms with Gasteiger partial charge in [0.05, 0.1) is 30.6 Å². The second-order valence-electron chi connectivity index (χ2n) is 12.7. The van der Waals surface area contributed by atoms with E-state index in [1.54, 1.807) is 24.0 Å². The average molecular weight is 644 g/mol. The Bertz CT molecular complexity index is 1510. The summed E-state index contributed by atoms with van der Waals surface area (Å²) in [5.41, 5.74) is 1.94. The van der Waals surface area contributed by atoms with Crippen molar-refractivity contribution in [1.82, 2.24) is 10.2 Å². The first-order valence-electron chi connectivity index (χ1n) is 16.3. The fourth-order valence-electron chi connectivity index (χ4n) is 7.79. The first-order chi connectivity index (χ1) is 22.6. The van der Waals surface area contributed by atoms with Crippen LogP contribution in [0, 0.1) is 25.7 Å². The zero-order chi connectivity index (χ0) is 33.9. The first kappa shape index (κ1) is 34.1. The molecule has 1 spiro atoms. The molecule has 250 valence electrons. The van der Waals surface area contributed by atoms with E-state index in [-0.39, 0.29) is 37.9 Å². The predicted octanol–water partition coefficient (Wildman–Crippen LogP) is 3.94. The molecule has 3 heterocycles. The van der Waals surface area contributed by atoms with Gasteiger partial charge in [0.15, 0.2) is 0 Å². The number of nitrogens with one attached hydrogen (secondary N) is 1. The van der Waals surface area contributed by atoms with Crippen molar-refractivity contribution in [3.05, 3.63) is 90.5 Å². The summed E-state index contributed by atoms with van der Waals surface area (Å²) < 4.78 is 12.8. The third-order valence-electron chi connectivity index (χ3n) is 9.72.